The van der Waals surface area contributed by atoms with Crippen molar-refractivity contribution >= 4 is 17.2 Å². The monoisotopic (exact) mass is 340 g/mol. The van der Waals surface area contributed by atoms with E-state index in [9.17, 15) is 9.59 Å². The van der Waals surface area contributed by atoms with Crippen LogP contribution in [0.3, 0.4) is 0 Å². The molecule has 24 heavy (non-hydrogen) atoms. The van der Waals surface area contributed by atoms with Crippen molar-refractivity contribution in [1.82, 2.24) is 19.9 Å². The number of rotatable bonds is 5. The van der Waals surface area contributed by atoms with Crippen molar-refractivity contribution in [2.45, 2.75) is 20.0 Å². The first kappa shape index (κ1) is 16.1. The molecule has 0 spiro atoms. The Morgan fingerprint density at radius 1 is 1.29 bits per heavy atom. The van der Waals surface area contributed by atoms with Crippen LogP contribution in [0.5, 0.6) is 0 Å². The van der Waals surface area contributed by atoms with Crippen LogP contribution in [0, 0.1) is 6.92 Å². The number of pyridine rings is 1. The highest BCUT2D eigenvalue weighted by Crippen LogP contribution is 2.20. The summed E-state index contributed by atoms with van der Waals surface area (Å²) in [6.45, 7) is 2.07. The van der Waals surface area contributed by atoms with Gasteiger partial charge < -0.3 is 5.32 Å². The second kappa shape index (κ2) is 7.18. The third kappa shape index (κ3) is 3.94. The Labute approximate surface area is 142 Å². The Morgan fingerprint density at radius 3 is 2.92 bits per heavy atom. The second-order valence-corrected chi connectivity index (χ2v) is 6.11. The summed E-state index contributed by atoms with van der Waals surface area (Å²) in [5, 5.41) is 6.84. The van der Waals surface area contributed by atoms with Crippen molar-refractivity contribution in [2.75, 3.05) is 0 Å². The van der Waals surface area contributed by atoms with Gasteiger partial charge in [-0.05, 0) is 36.1 Å². The standard InChI is InChI=1S/C17H16N4O2S/c1-12-6-17(23)21(11-20-12)9-16(22)19-8-13-2-4-18-15(7-13)14-3-5-24-10-14/h2-7,10-11H,8-9H2,1H3,(H,19,22). The highest BCUT2D eigenvalue weighted by Gasteiger charge is 2.06. The number of amides is 1. The van der Waals surface area contributed by atoms with Crippen molar-refractivity contribution in [3.63, 3.8) is 0 Å². The summed E-state index contributed by atoms with van der Waals surface area (Å²) in [7, 11) is 0. The van der Waals surface area contributed by atoms with Crippen LogP contribution in [0.1, 0.15) is 11.3 Å². The first-order valence-electron chi connectivity index (χ1n) is 7.39. The zero-order valence-corrected chi connectivity index (χ0v) is 13.9. The summed E-state index contributed by atoms with van der Waals surface area (Å²) < 4.78 is 1.28. The Kier molecular flexibility index (Phi) is 4.81. The van der Waals surface area contributed by atoms with Crippen LogP contribution in [-0.4, -0.2) is 20.4 Å². The molecule has 3 aromatic heterocycles. The van der Waals surface area contributed by atoms with Crippen LogP contribution in [0.15, 0.2) is 52.3 Å². The Hall–Kier alpha value is -2.80. The number of hydrogen-bond donors (Lipinski definition) is 1. The molecule has 122 valence electrons. The summed E-state index contributed by atoms with van der Waals surface area (Å²) in [6.07, 6.45) is 3.11. The molecule has 0 unspecified atom stereocenters. The number of thiophene rings is 1. The molecule has 0 bridgehead atoms. The lowest BCUT2D eigenvalue weighted by Gasteiger charge is -2.08. The van der Waals surface area contributed by atoms with E-state index in [1.165, 1.54) is 17.0 Å². The Bertz CT molecular complexity index is 903. The molecule has 0 saturated heterocycles. The van der Waals surface area contributed by atoms with Crippen molar-refractivity contribution in [3.05, 3.63) is 69.2 Å². The molecule has 0 aliphatic rings. The molecule has 6 nitrogen and oxygen atoms in total. The van der Waals surface area contributed by atoms with Crippen LogP contribution in [0.25, 0.3) is 11.3 Å². The molecule has 1 amide bonds. The van der Waals surface area contributed by atoms with Crippen molar-refractivity contribution in [3.8, 4) is 11.3 Å². The van der Waals surface area contributed by atoms with Crippen molar-refractivity contribution < 1.29 is 4.79 Å². The minimum atomic E-state index is -0.239. The van der Waals surface area contributed by atoms with Gasteiger partial charge in [0.25, 0.3) is 5.56 Å². The van der Waals surface area contributed by atoms with E-state index in [0.29, 0.717) is 12.2 Å². The fourth-order valence-electron chi connectivity index (χ4n) is 2.20. The fourth-order valence-corrected chi connectivity index (χ4v) is 2.85. The van der Waals surface area contributed by atoms with Gasteiger partial charge in [0.05, 0.1) is 12.0 Å². The molecule has 0 radical (unpaired) electrons. The average molecular weight is 340 g/mol. The van der Waals surface area contributed by atoms with E-state index in [2.05, 4.69) is 15.3 Å². The number of nitrogens with zero attached hydrogens (tertiary/aromatic N) is 3. The molecule has 7 heteroatoms. The van der Waals surface area contributed by atoms with Gasteiger partial charge >= 0.3 is 0 Å². The Balaban J connectivity index is 1.62. The Morgan fingerprint density at radius 2 is 2.17 bits per heavy atom. The molecule has 1 N–H and O–H groups in total. The highest BCUT2D eigenvalue weighted by molar-refractivity contribution is 7.08. The maximum Gasteiger partial charge on any atom is 0.253 e. The number of carbonyl (C=O) groups is 1. The molecular weight excluding hydrogens is 324 g/mol. The van der Waals surface area contributed by atoms with E-state index in [-0.39, 0.29) is 18.0 Å². The first-order chi connectivity index (χ1) is 11.6. The largest absolute Gasteiger partial charge is 0.350 e. The average Bonchev–Trinajstić information content (AvgIpc) is 3.10. The second-order valence-electron chi connectivity index (χ2n) is 5.33. The highest BCUT2D eigenvalue weighted by atomic mass is 32.1. The van der Waals surface area contributed by atoms with Gasteiger partial charge in [-0.2, -0.15) is 11.3 Å². The van der Waals surface area contributed by atoms with Gasteiger partial charge in [0.15, 0.2) is 0 Å². The third-order valence-corrected chi connectivity index (χ3v) is 4.14. The predicted molar refractivity (Wildman–Crippen MR) is 92.6 cm³/mol. The quantitative estimate of drug-likeness (QED) is 0.770. The molecule has 0 aliphatic heterocycles. The van der Waals surface area contributed by atoms with E-state index in [0.717, 1.165) is 16.8 Å². The maximum atomic E-state index is 12.0. The molecule has 3 aromatic rings. The van der Waals surface area contributed by atoms with Crippen molar-refractivity contribution in [1.29, 1.82) is 0 Å². The van der Waals surface area contributed by atoms with E-state index in [1.54, 1.807) is 24.5 Å². The third-order valence-electron chi connectivity index (χ3n) is 3.46. The fraction of sp³-hybridized carbons (Fsp3) is 0.176. The molecule has 0 saturated carbocycles. The van der Waals surface area contributed by atoms with E-state index >= 15 is 0 Å². The van der Waals surface area contributed by atoms with Gasteiger partial charge in [0.2, 0.25) is 5.91 Å². The lowest BCUT2D eigenvalue weighted by Crippen LogP contribution is -2.32. The topological polar surface area (TPSA) is 76.9 Å². The van der Waals surface area contributed by atoms with Gasteiger partial charge in [0.1, 0.15) is 6.54 Å². The summed E-state index contributed by atoms with van der Waals surface area (Å²) in [5.74, 6) is -0.239. The number of nitrogens with one attached hydrogen (secondary N) is 1. The van der Waals surface area contributed by atoms with Crippen LogP contribution in [-0.2, 0) is 17.9 Å². The smallest absolute Gasteiger partial charge is 0.253 e. The minimum absolute atomic E-state index is 0.0470. The normalized spacial score (nSPS) is 10.5. The zero-order valence-electron chi connectivity index (χ0n) is 13.1. The van der Waals surface area contributed by atoms with Crippen molar-refractivity contribution in [2.24, 2.45) is 0 Å². The lowest BCUT2D eigenvalue weighted by atomic mass is 10.1. The molecule has 0 aliphatic carbocycles. The van der Waals surface area contributed by atoms with Gasteiger partial charge in [-0.15, -0.1) is 0 Å². The number of hydrogen-bond acceptors (Lipinski definition) is 5. The molecule has 3 rings (SSSR count). The van der Waals surface area contributed by atoms with Crippen LogP contribution in [0.4, 0.5) is 0 Å². The zero-order chi connectivity index (χ0) is 16.9. The molecule has 0 aromatic carbocycles. The predicted octanol–water partition coefficient (Wildman–Crippen LogP) is 1.99. The molecule has 3 heterocycles. The maximum absolute atomic E-state index is 12.0. The van der Waals surface area contributed by atoms with Crippen LogP contribution >= 0.6 is 11.3 Å². The molecule has 0 fully saturated rings. The van der Waals surface area contributed by atoms with Gasteiger partial charge in [0, 0.05) is 35.4 Å². The van der Waals surface area contributed by atoms with E-state index in [1.807, 2.05) is 29.0 Å². The first-order valence-corrected chi connectivity index (χ1v) is 8.33. The number of aryl methyl sites for hydroxylation is 1. The number of carbonyl (C=O) groups excluding carboxylic acids is 1. The summed E-state index contributed by atoms with van der Waals surface area (Å²) >= 11 is 1.61. The lowest BCUT2D eigenvalue weighted by molar-refractivity contribution is -0.121. The molecule has 0 atom stereocenters. The SMILES string of the molecule is Cc1cc(=O)n(CC(=O)NCc2ccnc(-c3ccsc3)c2)cn1. The van der Waals surface area contributed by atoms with Gasteiger partial charge in [-0.1, -0.05) is 0 Å². The number of aromatic nitrogens is 3. The summed E-state index contributed by atoms with van der Waals surface area (Å²) in [4.78, 5) is 32.1. The molecular formula is C17H16N4O2S. The van der Waals surface area contributed by atoms with Crippen LogP contribution in [0.2, 0.25) is 0 Å². The van der Waals surface area contributed by atoms with Gasteiger partial charge in [-0.3, -0.25) is 19.1 Å². The summed E-state index contributed by atoms with van der Waals surface area (Å²) in [6, 6.07) is 7.22. The summed E-state index contributed by atoms with van der Waals surface area (Å²) in [5.41, 5.74) is 3.29. The van der Waals surface area contributed by atoms with Gasteiger partial charge in [-0.25, -0.2) is 4.98 Å². The van der Waals surface area contributed by atoms with E-state index < -0.39 is 0 Å². The van der Waals surface area contributed by atoms with Crippen LogP contribution < -0.4 is 10.9 Å². The van der Waals surface area contributed by atoms with E-state index in [4.69, 9.17) is 0 Å². The minimum Gasteiger partial charge on any atom is -0.350 e.